The van der Waals surface area contributed by atoms with Crippen LogP contribution in [-0.2, 0) is 13.8 Å². The van der Waals surface area contributed by atoms with E-state index in [9.17, 15) is 8.42 Å². The highest BCUT2D eigenvalue weighted by molar-refractivity contribution is 8.16. The lowest BCUT2D eigenvalue weighted by Crippen LogP contribution is -2.04. The Bertz CT molecular complexity index is 242. The predicted molar refractivity (Wildman–Crippen MR) is 38.0 cm³/mol. The maximum absolute atomic E-state index is 10.6. The van der Waals surface area contributed by atoms with Crippen LogP contribution in [0.15, 0.2) is 11.2 Å². The van der Waals surface area contributed by atoms with Crippen LogP contribution < -0.4 is 0 Å². The van der Waals surface area contributed by atoms with Crippen molar-refractivity contribution in [2.75, 3.05) is 6.61 Å². The van der Waals surface area contributed by atoms with Gasteiger partial charge in [-0.25, -0.2) is 8.42 Å². The molecule has 58 valence electrons. The quantitative estimate of drug-likeness (QED) is 0.573. The van der Waals surface area contributed by atoms with E-state index in [2.05, 4.69) is 0 Å². The second kappa shape index (κ2) is 2.80. The van der Waals surface area contributed by atoms with Crippen molar-refractivity contribution in [2.24, 2.45) is 0 Å². The van der Waals surface area contributed by atoms with Crippen molar-refractivity contribution in [3.05, 3.63) is 11.2 Å². The first-order valence-electron chi connectivity index (χ1n) is 2.86. The van der Waals surface area contributed by atoms with Crippen LogP contribution in [0.4, 0.5) is 0 Å². The highest BCUT2D eigenvalue weighted by Gasteiger charge is 2.16. The molecular formula is C5H7ClO3S. The molecule has 1 heterocycles. The maximum Gasteiger partial charge on any atom is 0.260 e. The standard InChI is InChI=1S/C5H7ClO3S/c6-10(7,8)5-2-1-3-9-4-5/h4H,1-3H2. The van der Waals surface area contributed by atoms with Gasteiger partial charge in [-0.05, 0) is 12.8 Å². The number of allylic oxidation sites excluding steroid dienone is 1. The minimum Gasteiger partial charge on any atom is -0.500 e. The first-order valence-corrected chi connectivity index (χ1v) is 5.17. The third kappa shape index (κ3) is 1.88. The van der Waals surface area contributed by atoms with E-state index in [1.54, 1.807) is 0 Å². The molecule has 0 saturated carbocycles. The van der Waals surface area contributed by atoms with E-state index >= 15 is 0 Å². The zero-order valence-corrected chi connectivity index (χ0v) is 6.78. The van der Waals surface area contributed by atoms with Gasteiger partial charge in [-0.15, -0.1) is 0 Å². The Morgan fingerprint density at radius 3 is 2.60 bits per heavy atom. The fourth-order valence-electron chi connectivity index (χ4n) is 0.720. The van der Waals surface area contributed by atoms with Crippen LogP contribution in [0.3, 0.4) is 0 Å². The van der Waals surface area contributed by atoms with Gasteiger partial charge in [0.1, 0.15) is 0 Å². The average Bonchev–Trinajstić information content (AvgIpc) is 1.88. The molecule has 1 aliphatic rings. The molecule has 0 saturated heterocycles. The van der Waals surface area contributed by atoms with Crippen LogP contribution in [-0.4, -0.2) is 15.0 Å². The monoisotopic (exact) mass is 182 g/mol. The van der Waals surface area contributed by atoms with Gasteiger partial charge in [-0.3, -0.25) is 0 Å². The summed E-state index contributed by atoms with van der Waals surface area (Å²) >= 11 is 0. The lowest BCUT2D eigenvalue weighted by molar-refractivity contribution is 0.228. The third-order valence-corrected chi connectivity index (χ3v) is 2.73. The molecule has 1 aliphatic heterocycles. The van der Waals surface area contributed by atoms with Gasteiger partial charge in [0.25, 0.3) is 9.05 Å². The fourth-order valence-corrected chi connectivity index (χ4v) is 1.63. The molecule has 0 atom stereocenters. The Hall–Kier alpha value is -0.220. The predicted octanol–water partition coefficient (Wildman–Crippen LogP) is 1.21. The molecule has 0 unspecified atom stereocenters. The number of hydrogen-bond donors (Lipinski definition) is 0. The minimum atomic E-state index is -3.52. The van der Waals surface area contributed by atoms with E-state index in [1.807, 2.05) is 0 Å². The van der Waals surface area contributed by atoms with Gasteiger partial charge in [0.2, 0.25) is 0 Å². The van der Waals surface area contributed by atoms with E-state index in [0.29, 0.717) is 13.0 Å². The van der Waals surface area contributed by atoms with Crippen LogP contribution in [0.2, 0.25) is 0 Å². The topological polar surface area (TPSA) is 43.4 Å². The van der Waals surface area contributed by atoms with Crippen molar-refractivity contribution in [1.29, 1.82) is 0 Å². The zero-order valence-electron chi connectivity index (χ0n) is 5.21. The summed E-state index contributed by atoms with van der Waals surface area (Å²) in [7, 11) is 1.52. The molecule has 0 fully saturated rings. The smallest absolute Gasteiger partial charge is 0.260 e. The Kier molecular flexibility index (Phi) is 2.21. The van der Waals surface area contributed by atoms with Crippen LogP contribution in [0.5, 0.6) is 0 Å². The second-order valence-corrected chi connectivity index (χ2v) is 4.62. The van der Waals surface area contributed by atoms with Gasteiger partial charge in [0.05, 0.1) is 17.8 Å². The molecule has 0 spiro atoms. The second-order valence-electron chi connectivity index (χ2n) is 2.00. The van der Waals surface area contributed by atoms with Gasteiger partial charge in [-0.2, -0.15) is 0 Å². The normalized spacial score (nSPS) is 19.5. The maximum atomic E-state index is 10.6. The van der Waals surface area contributed by atoms with Crippen molar-refractivity contribution in [1.82, 2.24) is 0 Å². The molecule has 0 aliphatic carbocycles. The highest BCUT2D eigenvalue weighted by atomic mass is 35.7. The summed E-state index contributed by atoms with van der Waals surface area (Å²) in [6.45, 7) is 0.579. The lowest BCUT2D eigenvalue weighted by atomic mass is 10.3. The lowest BCUT2D eigenvalue weighted by Gasteiger charge is -2.09. The summed E-state index contributed by atoms with van der Waals surface area (Å²) in [5, 5.41) is 0. The van der Waals surface area contributed by atoms with Gasteiger partial charge in [0.15, 0.2) is 0 Å². The number of halogens is 1. The fraction of sp³-hybridized carbons (Fsp3) is 0.600. The Morgan fingerprint density at radius 1 is 1.60 bits per heavy atom. The van der Waals surface area contributed by atoms with Gasteiger partial charge in [0, 0.05) is 10.7 Å². The highest BCUT2D eigenvalue weighted by Crippen LogP contribution is 2.20. The minimum absolute atomic E-state index is 0.181. The summed E-state index contributed by atoms with van der Waals surface area (Å²) in [6, 6.07) is 0. The summed E-state index contributed by atoms with van der Waals surface area (Å²) in [4.78, 5) is 0.181. The molecule has 0 amide bonds. The molecule has 0 bridgehead atoms. The molecule has 3 nitrogen and oxygen atoms in total. The SMILES string of the molecule is O=S(=O)(Cl)C1=COCCC1. The first-order chi connectivity index (χ1) is 4.61. The van der Waals surface area contributed by atoms with Crippen LogP contribution in [0.25, 0.3) is 0 Å². The molecule has 0 aromatic carbocycles. The summed E-state index contributed by atoms with van der Waals surface area (Å²) < 4.78 is 26.0. The van der Waals surface area contributed by atoms with Gasteiger partial charge >= 0.3 is 0 Å². The van der Waals surface area contributed by atoms with Crippen LogP contribution in [0, 0.1) is 0 Å². The summed E-state index contributed by atoms with van der Waals surface area (Å²) in [6.07, 6.45) is 2.43. The molecule has 0 N–H and O–H groups in total. The van der Waals surface area contributed by atoms with Gasteiger partial charge < -0.3 is 4.74 Å². The van der Waals surface area contributed by atoms with Crippen molar-refractivity contribution in [2.45, 2.75) is 12.8 Å². The van der Waals surface area contributed by atoms with E-state index < -0.39 is 9.05 Å². The van der Waals surface area contributed by atoms with Crippen molar-refractivity contribution < 1.29 is 13.2 Å². The number of ether oxygens (including phenoxy) is 1. The van der Waals surface area contributed by atoms with E-state index in [4.69, 9.17) is 15.4 Å². The van der Waals surface area contributed by atoms with Crippen molar-refractivity contribution in [3.63, 3.8) is 0 Å². The Morgan fingerprint density at radius 2 is 2.30 bits per heavy atom. The van der Waals surface area contributed by atoms with Gasteiger partial charge in [-0.1, -0.05) is 0 Å². The Labute approximate surface area is 64.0 Å². The van der Waals surface area contributed by atoms with Crippen molar-refractivity contribution in [3.8, 4) is 0 Å². The molecule has 1 rings (SSSR count). The van der Waals surface area contributed by atoms with Crippen LogP contribution >= 0.6 is 10.7 Å². The molecular weight excluding hydrogens is 176 g/mol. The molecule has 5 heteroatoms. The Balaban J connectivity index is 2.82. The number of hydrogen-bond acceptors (Lipinski definition) is 3. The summed E-state index contributed by atoms with van der Waals surface area (Å²) in [5.41, 5.74) is 0. The van der Waals surface area contributed by atoms with Crippen LogP contribution in [0.1, 0.15) is 12.8 Å². The average molecular weight is 183 g/mol. The van der Waals surface area contributed by atoms with E-state index in [1.165, 1.54) is 6.26 Å². The molecule has 0 radical (unpaired) electrons. The first kappa shape index (κ1) is 7.88. The number of rotatable bonds is 1. The van der Waals surface area contributed by atoms with E-state index in [-0.39, 0.29) is 4.91 Å². The largest absolute Gasteiger partial charge is 0.500 e. The van der Waals surface area contributed by atoms with E-state index in [0.717, 1.165) is 6.42 Å². The molecule has 10 heavy (non-hydrogen) atoms. The summed E-state index contributed by atoms with van der Waals surface area (Å²) in [5.74, 6) is 0. The molecule has 0 aromatic heterocycles. The van der Waals surface area contributed by atoms with Crippen molar-refractivity contribution >= 4 is 19.7 Å². The third-order valence-electron chi connectivity index (χ3n) is 1.21. The zero-order chi connectivity index (χ0) is 7.61. The molecule has 0 aromatic rings.